The molecule has 0 aromatic heterocycles. The molecule has 2 aromatic carbocycles. The zero-order chi connectivity index (χ0) is 12.1. The van der Waals surface area contributed by atoms with Crippen LogP contribution in [0.25, 0.3) is 0 Å². The second-order valence-electron chi connectivity index (χ2n) is 3.70. The minimum atomic E-state index is -0.272. The average molecular weight is 231 g/mol. The van der Waals surface area contributed by atoms with Gasteiger partial charge in [0, 0.05) is 17.7 Å². The Morgan fingerprint density at radius 1 is 0.941 bits per heavy atom. The summed E-state index contributed by atoms with van der Waals surface area (Å²) >= 11 is 0. The summed E-state index contributed by atoms with van der Waals surface area (Å²) in [6.45, 7) is 0.411. The Kier molecular flexibility index (Phi) is 3.73. The lowest BCUT2D eigenvalue weighted by Crippen LogP contribution is -2.05. The summed E-state index contributed by atoms with van der Waals surface area (Å²) < 4.78 is 19.3. The number of ether oxygens (including phenoxy) is 1. The first-order valence-electron chi connectivity index (χ1n) is 5.45. The molecule has 2 nitrogen and oxygen atoms in total. The normalized spacial score (nSPS) is 10.2. The van der Waals surface area contributed by atoms with Crippen molar-refractivity contribution in [2.24, 2.45) is 5.73 Å². The van der Waals surface area contributed by atoms with Gasteiger partial charge in [0.05, 0.1) is 0 Å². The summed E-state index contributed by atoms with van der Waals surface area (Å²) in [6.07, 6.45) is 0. The van der Waals surface area contributed by atoms with Gasteiger partial charge in [0.25, 0.3) is 0 Å². The molecule has 0 heterocycles. The van der Waals surface area contributed by atoms with Crippen LogP contribution in [0.2, 0.25) is 0 Å². The fraction of sp³-hybridized carbons (Fsp3) is 0.143. The van der Waals surface area contributed by atoms with Crippen molar-refractivity contribution in [1.29, 1.82) is 0 Å². The predicted molar refractivity (Wildman–Crippen MR) is 65.1 cm³/mol. The van der Waals surface area contributed by atoms with Crippen molar-refractivity contribution >= 4 is 0 Å². The van der Waals surface area contributed by atoms with Crippen LogP contribution >= 0.6 is 0 Å². The molecule has 0 aliphatic heterocycles. The molecule has 0 fully saturated rings. The van der Waals surface area contributed by atoms with Crippen molar-refractivity contribution in [1.82, 2.24) is 0 Å². The number of rotatable bonds is 4. The number of halogens is 1. The molecule has 2 aromatic rings. The van der Waals surface area contributed by atoms with E-state index in [1.54, 1.807) is 18.2 Å². The molecular formula is C14H14FNO. The van der Waals surface area contributed by atoms with Gasteiger partial charge in [-0.25, -0.2) is 4.39 Å². The molecule has 0 aliphatic carbocycles. The van der Waals surface area contributed by atoms with E-state index in [2.05, 4.69) is 0 Å². The minimum Gasteiger partial charge on any atom is -0.489 e. The van der Waals surface area contributed by atoms with Gasteiger partial charge in [-0.2, -0.15) is 0 Å². The van der Waals surface area contributed by atoms with Crippen molar-refractivity contribution in [3.05, 3.63) is 65.5 Å². The standard InChI is InChI=1S/C14H14FNO/c15-14-11(9-16)5-4-6-12(14)10-17-13-7-2-1-3-8-13/h1-8H,9-10,16H2. The molecule has 0 amide bonds. The van der Waals surface area contributed by atoms with Crippen LogP contribution in [0.1, 0.15) is 11.1 Å². The quantitative estimate of drug-likeness (QED) is 0.878. The molecule has 3 heteroatoms. The lowest BCUT2D eigenvalue weighted by atomic mass is 10.1. The van der Waals surface area contributed by atoms with E-state index in [1.807, 2.05) is 30.3 Å². The Labute approximate surface area is 99.8 Å². The van der Waals surface area contributed by atoms with Crippen LogP contribution in [-0.4, -0.2) is 0 Å². The second kappa shape index (κ2) is 5.46. The van der Waals surface area contributed by atoms with Gasteiger partial charge in [-0.15, -0.1) is 0 Å². The van der Waals surface area contributed by atoms with E-state index in [4.69, 9.17) is 10.5 Å². The third-order valence-electron chi connectivity index (χ3n) is 2.52. The molecule has 0 bridgehead atoms. The van der Waals surface area contributed by atoms with Gasteiger partial charge in [0.1, 0.15) is 18.2 Å². The highest BCUT2D eigenvalue weighted by atomic mass is 19.1. The van der Waals surface area contributed by atoms with Crippen molar-refractivity contribution in [3.8, 4) is 5.75 Å². The fourth-order valence-corrected chi connectivity index (χ4v) is 1.58. The Balaban J connectivity index is 2.09. The van der Waals surface area contributed by atoms with Crippen molar-refractivity contribution in [2.75, 3.05) is 0 Å². The average Bonchev–Trinajstić information content (AvgIpc) is 2.39. The number of hydrogen-bond acceptors (Lipinski definition) is 2. The zero-order valence-electron chi connectivity index (χ0n) is 9.40. The van der Waals surface area contributed by atoms with Crippen molar-refractivity contribution in [2.45, 2.75) is 13.2 Å². The number of hydrogen-bond donors (Lipinski definition) is 1. The van der Waals surface area contributed by atoms with Gasteiger partial charge in [0.2, 0.25) is 0 Å². The first kappa shape index (κ1) is 11.6. The molecule has 0 saturated carbocycles. The smallest absolute Gasteiger partial charge is 0.134 e. The van der Waals surface area contributed by atoms with Crippen LogP contribution in [0.5, 0.6) is 5.75 Å². The van der Waals surface area contributed by atoms with Crippen LogP contribution in [-0.2, 0) is 13.2 Å². The molecular weight excluding hydrogens is 217 g/mol. The van der Waals surface area contributed by atoms with E-state index in [0.717, 1.165) is 5.75 Å². The van der Waals surface area contributed by atoms with E-state index < -0.39 is 0 Å². The Morgan fingerprint density at radius 3 is 2.35 bits per heavy atom. The number of benzene rings is 2. The lowest BCUT2D eigenvalue weighted by molar-refractivity contribution is 0.299. The molecule has 0 aliphatic rings. The Morgan fingerprint density at radius 2 is 1.65 bits per heavy atom. The van der Waals surface area contributed by atoms with Gasteiger partial charge < -0.3 is 10.5 Å². The highest BCUT2D eigenvalue weighted by molar-refractivity contribution is 5.27. The highest BCUT2D eigenvalue weighted by Crippen LogP contribution is 2.16. The molecule has 0 spiro atoms. The topological polar surface area (TPSA) is 35.2 Å². The van der Waals surface area contributed by atoms with Crippen LogP contribution in [0.4, 0.5) is 4.39 Å². The largest absolute Gasteiger partial charge is 0.489 e. The van der Waals surface area contributed by atoms with Crippen molar-refractivity contribution in [3.63, 3.8) is 0 Å². The summed E-state index contributed by atoms with van der Waals surface area (Å²) in [5.41, 5.74) is 6.48. The van der Waals surface area contributed by atoms with Gasteiger partial charge >= 0.3 is 0 Å². The van der Waals surface area contributed by atoms with E-state index in [-0.39, 0.29) is 19.0 Å². The van der Waals surface area contributed by atoms with Crippen LogP contribution < -0.4 is 10.5 Å². The Bertz CT molecular complexity index is 485. The number of nitrogens with two attached hydrogens (primary N) is 1. The first-order valence-corrected chi connectivity index (χ1v) is 5.45. The summed E-state index contributed by atoms with van der Waals surface area (Å²) in [4.78, 5) is 0. The van der Waals surface area contributed by atoms with E-state index in [0.29, 0.717) is 11.1 Å². The summed E-state index contributed by atoms with van der Waals surface area (Å²) in [5, 5.41) is 0. The Hall–Kier alpha value is -1.87. The van der Waals surface area contributed by atoms with Crippen LogP contribution in [0.3, 0.4) is 0 Å². The van der Waals surface area contributed by atoms with Crippen LogP contribution in [0, 0.1) is 5.82 Å². The molecule has 0 radical (unpaired) electrons. The van der Waals surface area contributed by atoms with E-state index in [9.17, 15) is 4.39 Å². The number of para-hydroxylation sites is 1. The maximum absolute atomic E-state index is 13.8. The molecule has 0 atom stereocenters. The maximum Gasteiger partial charge on any atom is 0.134 e. The highest BCUT2D eigenvalue weighted by Gasteiger charge is 2.06. The molecule has 2 rings (SSSR count). The summed E-state index contributed by atoms with van der Waals surface area (Å²) in [5.74, 6) is 0.455. The van der Waals surface area contributed by atoms with Crippen molar-refractivity contribution < 1.29 is 9.13 Å². The molecule has 0 unspecified atom stereocenters. The summed E-state index contributed by atoms with van der Waals surface area (Å²) in [6, 6.07) is 14.5. The zero-order valence-corrected chi connectivity index (χ0v) is 9.40. The predicted octanol–water partition coefficient (Wildman–Crippen LogP) is 2.86. The lowest BCUT2D eigenvalue weighted by Gasteiger charge is -2.09. The first-order chi connectivity index (χ1) is 8.31. The molecule has 88 valence electrons. The third-order valence-corrected chi connectivity index (χ3v) is 2.52. The van der Waals surface area contributed by atoms with E-state index in [1.165, 1.54) is 0 Å². The van der Waals surface area contributed by atoms with Gasteiger partial charge in [-0.1, -0.05) is 36.4 Å². The van der Waals surface area contributed by atoms with Crippen LogP contribution in [0.15, 0.2) is 48.5 Å². The van der Waals surface area contributed by atoms with Gasteiger partial charge in [-0.3, -0.25) is 0 Å². The monoisotopic (exact) mass is 231 g/mol. The summed E-state index contributed by atoms with van der Waals surface area (Å²) in [7, 11) is 0. The maximum atomic E-state index is 13.8. The SMILES string of the molecule is NCc1cccc(COc2ccccc2)c1F. The third kappa shape index (κ3) is 2.82. The molecule has 17 heavy (non-hydrogen) atoms. The second-order valence-corrected chi connectivity index (χ2v) is 3.70. The van der Waals surface area contributed by atoms with Gasteiger partial charge in [0.15, 0.2) is 0 Å². The van der Waals surface area contributed by atoms with Gasteiger partial charge in [-0.05, 0) is 12.1 Å². The van der Waals surface area contributed by atoms with E-state index >= 15 is 0 Å². The minimum absolute atomic E-state index is 0.199. The molecule has 0 saturated heterocycles. The molecule has 2 N–H and O–H groups in total. The fourth-order valence-electron chi connectivity index (χ4n) is 1.58.